The van der Waals surface area contributed by atoms with Crippen LogP contribution >= 0.6 is 23.2 Å². The van der Waals surface area contributed by atoms with E-state index in [1.807, 2.05) is 0 Å². The molecule has 40 heavy (non-hydrogen) atoms. The highest BCUT2D eigenvalue weighted by Gasteiger charge is 2.61. The molecule has 4 bridgehead atoms. The molecule has 218 valence electrons. The van der Waals surface area contributed by atoms with E-state index in [0.29, 0.717) is 49.0 Å². The summed E-state index contributed by atoms with van der Waals surface area (Å²) in [6.45, 7) is 2.31. The lowest BCUT2D eigenvalue weighted by Gasteiger charge is -2.61. The molecule has 5 fully saturated rings. The van der Waals surface area contributed by atoms with Crippen LogP contribution in [0.1, 0.15) is 87.2 Å². The fraction of sp³-hybridized carbons (Fsp3) is 0.731. The number of alkyl halides is 3. The molecule has 0 saturated heterocycles. The fourth-order valence-electron chi connectivity index (χ4n) is 8.31. The number of rotatable bonds is 9. The van der Waals surface area contributed by atoms with Crippen molar-refractivity contribution in [3.8, 4) is 0 Å². The van der Waals surface area contributed by atoms with Gasteiger partial charge >= 0.3 is 12.0 Å². The van der Waals surface area contributed by atoms with E-state index in [9.17, 15) is 28.1 Å². The third kappa shape index (κ3) is 4.78. The molecule has 2 aromatic heterocycles. The zero-order valence-corrected chi connectivity index (χ0v) is 23.6. The van der Waals surface area contributed by atoms with Gasteiger partial charge in [-0.15, -0.1) is 0 Å². The summed E-state index contributed by atoms with van der Waals surface area (Å²) in [6, 6.07) is 0. The molecule has 1 N–H and O–H groups in total. The number of hydrogen-bond donors (Lipinski definition) is 1. The summed E-state index contributed by atoms with van der Waals surface area (Å²) in [4.78, 5) is 24.1. The molecule has 5 aliphatic rings. The predicted octanol–water partition coefficient (Wildman–Crippen LogP) is 6.39. The van der Waals surface area contributed by atoms with Gasteiger partial charge in [0, 0.05) is 25.4 Å². The van der Waals surface area contributed by atoms with Gasteiger partial charge in [0.2, 0.25) is 5.91 Å². The molecule has 0 aromatic carbocycles. The van der Waals surface area contributed by atoms with Crippen LogP contribution in [0.15, 0.2) is 0 Å². The Labute approximate surface area is 238 Å². The van der Waals surface area contributed by atoms with Gasteiger partial charge in [0.25, 0.3) is 0 Å². The van der Waals surface area contributed by atoms with E-state index in [1.165, 1.54) is 4.68 Å². The minimum absolute atomic E-state index is 0.00355. The number of amides is 1. The summed E-state index contributed by atoms with van der Waals surface area (Å²) in [6.07, 6.45) is 3.18. The smallest absolute Gasteiger partial charge is 0.358 e. The zero-order valence-electron chi connectivity index (χ0n) is 22.1. The molecule has 2 atom stereocenters. The summed E-state index contributed by atoms with van der Waals surface area (Å²) in [7, 11) is 0. The van der Waals surface area contributed by atoms with Gasteiger partial charge in [-0.25, -0.2) is 0 Å². The Hall–Kier alpha value is -2.34. The van der Waals surface area contributed by atoms with Crippen LogP contribution in [0.2, 0.25) is 10.0 Å². The number of carbonyl (C=O) groups excluding carboxylic acids is 1. The number of aryl methyl sites for hydroxylation is 1. The Bertz CT molecular complexity index is 1350. The molecule has 14 heteroatoms. The van der Waals surface area contributed by atoms with E-state index in [4.69, 9.17) is 23.2 Å². The Morgan fingerprint density at radius 2 is 1.82 bits per heavy atom. The minimum Gasteiger partial charge on any atom is -0.358 e. The maximum absolute atomic E-state index is 13.3. The molecule has 1 amide bonds. The van der Waals surface area contributed by atoms with Crippen molar-refractivity contribution in [1.82, 2.24) is 24.9 Å². The van der Waals surface area contributed by atoms with Gasteiger partial charge in [0.05, 0.1) is 27.0 Å². The Morgan fingerprint density at radius 1 is 1.15 bits per heavy atom. The first-order valence-corrected chi connectivity index (χ1v) is 14.6. The summed E-state index contributed by atoms with van der Waals surface area (Å²) in [5.74, 6) is 0.429. The van der Waals surface area contributed by atoms with Gasteiger partial charge in [-0.3, -0.25) is 9.48 Å². The SMILES string of the molecule is Cc1c(Cl)c([N+](=O)[O-])nn1C12CC3CC(CC(CC(=O)NCCCn4nc(C(F)(F)F)c(Cl)c4C4CC4)(C3)C1)C2. The van der Waals surface area contributed by atoms with E-state index in [-0.39, 0.29) is 45.2 Å². The molecule has 0 spiro atoms. The number of nitrogens with one attached hydrogen (secondary N) is 1. The van der Waals surface area contributed by atoms with Crippen LogP contribution in [0, 0.1) is 34.3 Å². The van der Waals surface area contributed by atoms with E-state index in [1.54, 1.807) is 11.6 Å². The van der Waals surface area contributed by atoms with Crippen molar-refractivity contribution in [2.75, 3.05) is 6.54 Å². The number of carbonyl (C=O) groups is 1. The first-order chi connectivity index (χ1) is 18.8. The van der Waals surface area contributed by atoms with Crippen LogP contribution in [-0.2, 0) is 23.1 Å². The fourth-order valence-corrected chi connectivity index (χ4v) is 8.90. The van der Waals surface area contributed by atoms with Gasteiger partial charge < -0.3 is 15.4 Å². The molecule has 7 rings (SSSR count). The van der Waals surface area contributed by atoms with Gasteiger partial charge in [0.15, 0.2) is 10.7 Å². The largest absolute Gasteiger partial charge is 0.436 e. The number of nitrogens with zero attached hydrogens (tertiary/aromatic N) is 5. The lowest BCUT2D eigenvalue weighted by molar-refractivity contribution is -0.389. The first kappa shape index (κ1) is 27.8. The molecule has 5 aliphatic carbocycles. The number of halogens is 5. The van der Waals surface area contributed by atoms with E-state index in [0.717, 1.165) is 44.9 Å². The van der Waals surface area contributed by atoms with E-state index >= 15 is 0 Å². The number of hydrogen-bond acceptors (Lipinski definition) is 5. The topological polar surface area (TPSA) is 108 Å². The molecule has 0 aliphatic heterocycles. The predicted molar refractivity (Wildman–Crippen MR) is 140 cm³/mol. The van der Waals surface area contributed by atoms with Crippen LogP contribution in [0.4, 0.5) is 19.0 Å². The monoisotopic (exact) mass is 602 g/mol. The summed E-state index contributed by atoms with van der Waals surface area (Å²) >= 11 is 12.3. The maximum atomic E-state index is 13.3. The highest BCUT2D eigenvalue weighted by Crippen LogP contribution is 2.65. The first-order valence-electron chi connectivity index (χ1n) is 13.8. The molecular formula is C26H31Cl2F3N6O3. The van der Waals surface area contributed by atoms with Crippen LogP contribution < -0.4 is 5.32 Å². The summed E-state index contributed by atoms with van der Waals surface area (Å²) in [5, 5.41) is 22.3. The highest BCUT2D eigenvalue weighted by atomic mass is 35.5. The van der Waals surface area contributed by atoms with Crippen LogP contribution in [0.3, 0.4) is 0 Å². The molecule has 9 nitrogen and oxygen atoms in total. The Kier molecular flexibility index (Phi) is 6.68. The summed E-state index contributed by atoms with van der Waals surface area (Å²) < 4.78 is 43.1. The van der Waals surface area contributed by atoms with Gasteiger partial charge in [-0.05, 0) is 86.9 Å². The lowest BCUT2D eigenvalue weighted by Crippen LogP contribution is -2.58. The Morgan fingerprint density at radius 3 is 2.40 bits per heavy atom. The number of nitro groups is 1. The van der Waals surface area contributed by atoms with Gasteiger partial charge in [0.1, 0.15) is 0 Å². The van der Waals surface area contributed by atoms with Crippen LogP contribution in [-0.4, -0.2) is 36.9 Å². The van der Waals surface area contributed by atoms with Crippen LogP contribution in [0.5, 0.6) is 0 Å². The third-order valence-electron chi connectivity index (χ3n) is 9.37. The molecule has 5 saturated carbocycles. The quantitative estimate of drug-likeness (QED) is 0.203. The van der Waals surface area contributed by atoms with Crippen molar-refractivity contribution < 1.29 is 22.9 Å². The highest BCUT2D eigenvalue weighted by molar-refractivity contribution is 6.33. The van der Waals surface area contributed by atoms with Crippen molar-refractivity contribution >= 4 is 34.9 Å². The normalized spacial score (nSPS) is 29.2. The lowest BCUT2D eigenvalue weighted by atomic mass is 9.46. The van der Waals surface area contributed by atoms with Crippen molar-refractivity contribution in [2.24, 2.45) is 17.3 Å². The molecular weight excluding hydrogens is 572 g/mol. The molecule has 0 radical (unpaired) electrons. The van der Waals surface area contributed by atoms with Crippen molar-refractivity contribution in [3.63, 3.8) is 0 Å². The van der Waals surface area contributed by atoms with Gasteiger partial charge in [-0.2, -0.15) is 23.0 Å². The second-order valence-corrected chi connectivity index (χ2v) is 13.3. The van der Waals surface area contributed by atoms with E-state index < -0.39 is 16.8 Å². The molecule has 2 heterocycles. The molecule has 2 unspecified atom stereocenters. The van der Waals surface area contributed by atoms with Crippen molar-refractivity contribution in [1.29, 1.82) is 0 Å². The Balaban J connectivity index is 1.11. The van der Waals surface area contributed by atoms with Crippen molar-refractivity contribution in [3.05, 3.63) is 37.2 Å². The average Bonchev–Trinajstić information content (AvgIpc) is 3.54. The van der Waals surface area contributed by atoms with E-state index in [2.05, 4.69) is 15.5 Å². The second-order valence-electron chi connectivity index (χ2n) is 12.5. The van der Waals surface area contributed by atoms with Crippen molar-refractivity contribution in [2.45, 2.75) is 95.3 Å². The average molecular weight is 603 g/mol. The third-order valence-corrected chi connectivity index (χ3v) is 10.2. The van der Waals surface area contributed by atoms with Crippen LogP contribution in [0.25, 0.3) is 0 Å². The van der Waals surface area contributed by atoms with Gasteiger partial charge in [-0.1, -0.05) is 23.2 Å². The maximum Gasteiger partial charge on any atom is 0.436 e. The minimum atomic E-state index is -4.61. The summed E-state index contributed by atoms with van der Waals surface area (Å²) in [5.41, 5.74) is -0.623. The molecule has 2 aromatic rings. The zero-order chi connectivity index (χ0) is 28.6. The number of aromatic nitrogens is 4. The second kappa shape index (κ2) is 9.61. The standard InChI is InChI=1S/C26H31Cl2F3N6O3/c1-14-19(27)23(37(39)40)34-36(14)25-10-15-7-16(11-25)9-24(8-15,13-25)12-18(38)32-5-2-6-35-21(17-3-4-17)20(28)22(33-35)26(29,30)31/h15-17H,2-13H2,1H3,(H,32,38).